The van der Waals surface area contributed by atoms with Crippen molar-refractivity contribution in [3.05, 3.63) is 53.9 Å². The first kappa shape index (κ1) is 22.9. The number of anilines is 2. The second kappa shape index (κ2) is 11.0. The summed E-state index contributed by atoms with van der Waals surface area (Å²) in [5, 5.41) is 34.7. The second-order valence-electron chi connectivity index (χ2n) is 8.20. The van der Waals surface area contributed by atoms with Gasteiger partial charge in [0.2, 0.25) is 5.82 Å². The van der Waals surface area contributed by atoms with Gasteiger partial charge in [-0.15, -0.1) is 0 Å². The summed E-state index contributed by atoms with van der Waals surface area (Å²) >= 11 is 0. The van der Waals surface area contributed by atoms with Crippen molar-refractivity contribution in [3.8, 4) is 5.75 Å². The lowest BCUT2D eigenvalue weighted by Gasteiger charge is -2.25. The van der Waals surface area contributed by atoms with Gasteiger partial charge in [-0.2, -0.15) is 0 Å². The summed E-state index contributed by atoms with van der Waals surface area (Å²) in [6, 6.07) is 6.56. The van der Waals surface area contributed by atoms with Gasteiger partial charge in [0, 0.05) is 26.7 Å². The Hall–Kier alpha value is -3.90. The van der Waals surface area contributed by atoms with Crippen LogP contribution in [0.1, 0.15) is 12.1 Å². The molecule has 35 heavy (non-hydrogen) atoms. The number of aliphatic carboxylic acids is 1. The highest BCUT2D eigenvalue weighted by atomic mass is 16.6. The van der Waals surface area contributed by atoms with Crippen LogP contribution in [-0.2, 0) is 9.53 Å². The lowest BCUT2D eigenvalue weighted by atomic mass is 10.1. The lowest BCUT2D eigenvalue weighted by Crippen LogP contribution is -2.30. The SMILES string of the molecule is [H]/N=C(/c1nonc1NCCN1C=CC=C(C2CC2C(=O)O)C1)N(O)c1ccc(OCCOC)cc1. The minimum absolute atomic E-state index is 0.0740. The monoisotopic (exact) mass is 484 g/mol. The van der Waals surface area contributed by atoms with Crippen molar-refractivity contribution in [1.29, 1.82) is 5.40 Å². The number of hydrogen-bond donors (Lipinski definition) is 4. The summed E-state index contributed by atoms with van der Waals surface area (Å²) in [7, 11) is 1.59. The van der Waals surface area contributed by atoms with Gasteiger partial charge in [0.1, 0.15) is 12.4 Å². The number of nitrogens with one attached hydrogen (secondary N) is 2. The molecule has 2 aliphatic rings. The van der Waals surface area contributed by atoms with E-state index in [1.54, 1.807) is 31.4 Å². The molecule has 0 spiro atoms. The maximum Gasteiger partial charge on any atom is 0.307 e. The quantitative estimate of drug-likeness (QED) is 0.151. The molecule has 1 aromatic carbocycles. The first-order valence-electron chi connectivity index (χ1n) is 11.6. The topological polar surface area (TPSA) is 157 Å². The molecule has 2 unspecified atom stereocenters. The fourth-order valence-corrected chi connectivity index (χ4v) is 3.82. The second-order valence-corrected chi connectivity index (χ2v) is 8.20. The van der Waals surface area contributed by atoms with Crippen molar-refractivity contribution in [2.45, 2.75) is 6.42 Å². The van der Waals surface area contributed by atoms with Crippen molar-refractivity contribution >= 4 is 23.3 Å². The molecule has 0 amide bonds. The van der Waals surface area contributed by atoms with Crippen LogP contribution in [0.15, 0.2) is 52.8 Å². The predicted octanol–water partition coefficient (Wildman–Crippen LogP) is 2.20. The summed E-state index contributed by atoms with van der Waals surface area (Å²) in [5.41, 5.74) is 1.53. The van der Waals surface area contributed by atoms with Crippen molar-refractivity contribution < 1.29 is 30.6 Å². The number of allylic oxidation sites excluding steroid dienone is 2. The molecule has 12 heteroatoms. The van der Waals surface area contributed by atoms with Crippen molar-refractivity contribution in [1.82, 2.24) is 15.2 Å². The first-order chi connectivity index (χ1) is 17.5. The highest BCUT2D eigenvalue weighted by molar-refractivity contribution is 6.07. The van der Waals surface area contributed by atoms with E-state index in [-0.39, 0.29) is 29.2 Å². The molecule has 186 valence electrons. The molecule has 2 aromatic rings. The number of aromatic nitrogens is 2. The van der Waals surface area contributed by atoms with Gasteiger partial charge in [0.15, 0.2) is 12.9 Å². The van der Waals surface area contributed by atoms with Crippen molar-refractivity contribution in [3.63, 3.8) is 0 Å². The van der Waals surface area contributed by atoms with Gasteiger partial charge >= 0.3 is 5.97 Å². The number of amidine groups is 1. The molecule has 1 aliphatic carbocycles. The van der Waals surface area contributed by atoms with Crippen LogP contribution in [-0.4, -0.2) is 77.3 Å². The minimum atomic E-state index is -0.745. The van der Waals surface area contributed by atoms with Crippen LogP contribution in [0.4, 0.5) is 11.5 Å². The molecule has 1 saturated carbocycles. The molecule has 0 radical (unpaired) electrons. The van der Waals surface area contributed by atoms with Crippen LogP contribution in [0.5, 0.6) is 5.75 Å². The van der Waals surface area contributed by atoms with Crippen LogP contribution in [0.2, 0.25) is 1.41 Å². The number of hydrogen-bond acceptors (Lipinski definition) is 10. The Morgan fingerprint density at radius 3 is 2.91 bits per heavy atom. The van der Waals surface area contributed by atoms with Crippen LogP contribution >= 0.6 is 0 Å². The molecule has 12 nitrogen and oxygen atoms in total. The normalized spacial score (nSPS) is 19.7. The van der Waals surface area contributed by atoms with Crippen LogP contribution in [0.25, 0.3) is 0 Å². The van der Waals surface area contributed by atoms with Crippen LogP contribution in [0, 0.1) is 17.2 Å². The predicted molar refractivity (Wildman–Crippen MR) is 126 cm³/mol. The summed E-state index contributed by atoms with van der Waals surface area (Å²) < 4.78 is 22.9. The smallest absolute Gasteiger partial charge is 0.307 e. The van der Waals surface area contributed by atoms with Gasteiger partial charge in [-0.05, 0) is 64.8 Å². The van der Waals surface area contributed by atoms with E-state index in [4.69, 9.17) is 15.5 Å². The maximum atomic E-state index is 11.2. The summed E-state index contributed by atoms with van der Waals surface area (Å²) in [4.78, 5) is 13.2. The Balaban J connectivity index is 1.31. The van der Waals surface area contributed by atoms with E-state index in [2.05, 4.69) is 25.9 Å². The number of hydroxylamine groups is 1. The number of ether oxygens (including phenoxy) is 2. The Bertz CT molecular complexity index is 1130. The summed E-state index contributed by atoms with van der Waals surface area (Å²) in [6.45, 7) is 2.56. The molecule has 4 N–H and O–H groups in total. The third kappa shape index (κ3) is 5.97. The molecule has 2 heterocycles. The maximum absolute atomic E-state index is 11.2. The average Bonchev–Trinajstić information content (AvgIpc) is 3.58. The lowest BCUT2D eigenvalue weighted by molar-refractivity contribution is -0.138. The van der Waals surface area contributed by atoms with E-state index in [9.17, 15) is 15.1 Å². The molecule has 0 bridgehead atoms. The number of benzene rings is 1. The third-order valence-electron chi connectivity index (χ3n) is 5.81. The molecule has 0 saturated heterocycles. The van der Waals surface area contributed by atoms with Crippen molar-refractivity contribution in [2.24, 2.45) is 11.8 Å². The van der Waals surface area contributed by atoms with Crippen molar-refractivity contribution in [2.75, 3.05) is 50.3 Å². The zero-order valence-electron chi connectivity index (χ0n) is 20.2. The number of carbonyl (C=O) groups is 1. The van der Waals surface area contributed by atoms with E-state index in [0.717, 1.165) is 10.6 Å². The van der Waals surface area contributed by atoms with E-state index in [1.165, 1.54) is 0 Å². The number of rotatable bonds is 12. The van der Waals surface area contributed by atoms with Crippen LogP contribution in [0.3, 0.4) is 0 Å². The number of nitrogens with zero attached hydrogens (tertiary/aromatic N) is 4. The molecule has 1 fully saturated rings. The summed E-state index contributed by atoms with van der Waals surface area (Å²) in [5.74, 6) is -0.274. The van der Waals surface area contributed by atoms with Crippen LogP contribution < -0.4 is 15.1 Å². The largest absolute Gasteiger partial charge is 0.491 e. The molecule has 4 rings (SSSR count). The Labute approximate surface area is 203 Å². The minimum Gasteiger partial charge on any atom is -0.491 e. The molecular formula is C23H28N6O6. The Morgan fingerprint density at radius 1 is 1.37 bits per heavy atom. The molecule has 2 atom stereocenters. The van der Waals surface area contributed by atoms with Gasteiger partial charge in [-0.3, -0.25) is 15.4 Å². The average molecular weight is 485 g/mol. The number of carboxylic acids is 1. The van der Waals surface area contributed by atoms with E-state index >= 15 is 0 Å². The fraction of sp³-hybridized carbons (Fsp3) is 0.391. The molecule has 1 aromatic heterocycles. The Morgan fingerprint density at radius 2 is 2.20 bits per heavy atom. The van der Waals surface area contributed by atoms with Gasteiger partial charge in [0.25, 0.3) is 0 Å². The Kier molecular flexibility index (Phi) is 7.20. The van der Waals surface area contributed by atoms with Gasteiger partial charge < -0.3 is 24.8 Å². The van der Waals surface area contributed by atoms with E-state index in [0.29, 0.717) is 50.7 Å². The number of carboxylic acid groups (broad SMARTS) is 1. The molecule has 1 aliphatic heterocycles. The molecular weight excluding hydrogens is 456 g/mol. The zero-order chi connectivity index (χ0) is 25.5. The zero-order valence-corrected chi connectivity index (χ0v) is 19.2. The van der Waals surface area contributed by atoms with E-state index < -0.39 is 5.97 Å². The van der Waals surface area contributed by atoms with E-state index in [1.807, 2.05) is 18.4 Å². The number of methoxy groups -OCH3 is 1. The first-order valence-corrected chi connectivity index (χ1v) is 11.2. The third-order valence-corrected chi connectivity index (χ3v) is 5.81. The fourth-order valence-electron chi connectivity index (χ4n) is 3.82. The van der Waals surface area contributed by atoms with Gasteiger partial charge in [-0.1, -0.05) is 6.08 Å². The highest BCUT2D eigenvalue weighted by Crippen LogP contribution is 2.45. The summed E-state index contributed by atoms with van der Waals surface area (Å²) in [6.07, 6.45) is 6.54. The van der Waals surface area contributed by atoms with Gasteiger partial charge in [-0.25, -0.2) is 9.69 Å². The standard InChI is InChI=1S/C23H28N6O6/c1-33-11-12-34-17-6-4-16(5-7-17)29(32)21(24)20-22(27-35-26-20)25-8-10-28-9-2-3-15(14-28)18-13-19(18)23(30)31/h2-7,9,18-19,24,32H,8,10-14H2,1H3,(H,25,27)(H,30,31)/b24-21-. The van der Waals surface area contributed by atoms with Gasteiger partial charge in [0.05, 0.1) is 18.2 Å². The highest BCUT2D eigenvalue weighted by Gasteiger charge is 2.45.